The Kier molecular flexibility index (Phi) is 4.92. The van der Waals surface area contributed by atoms with Gasteiger partial charge in [-0.05, 0) is 19.7 Å². The molecule has 0 radical (unpaired) electrons. The van der Waals surface area contributed by atoms with Crippen LogP contribution in [0.3, 0.4) is 0 Å². The second-order valence-electron chi connectivity index (χ2n) is 3.62. The smallest absolute Gasteiger partial charge is 0.208 e. The van der Waals surface area contributed by atoms with Crippen molar-refractivity contribution in [2.75, 3.05) is 32.4 Å². The highest BCUT2D eigenvalue weighted by molar-refractivity contribution is 8.13. The van der Waals surface area contributed by atoms with Crippen LogP contribution in [0.2, 0.25) is 0 Å². The van der Waals surface area contributed by atoms with Crippen molar-refractivity contribution in [3.63, 3.8) is 0 Å². The molecular formula is C10H18N4S. The molecule has 1 unspecified atom stereocenters. The first-order valence-electron chi connectivity index (χ1n) is 5.22. The minimum absolute atomic E-state index is 0.541. The lowest BCUT2D eigenvalue weighted by molar-refractivity contribution is 0.131. The van der Waals surface area contributed by atoms with E-state index in [0.717, 1.165) is 31.3 Å². The standard InChI is InChI=1S/C10H18N4S/c1-4-13-5-6-14(7-9(13)2)10(15-3)12-8-11/h9H,4-7H2,1-3H3. The first kappa shape index (κ1) is 12.3. The van der Waals surface area contributed by atoms with E-state index in [1.54, 1.807) is 11.8 Å². The minimum atomic E-state index is 0.541. The van der Waals surface area contributed by atoms with E-state index in [9.17, 15) is 0 Å². The highest BCUT2D eigenvalue weighted by Crippen LogP contribution is 2.13. The Balaban J connectivity index is 2.61. The van der Waals surface area contributed by atoms with E-state index in [1.807, 2.05) is 12.4 Å². The molecule has 0 aromatic heterocycles. The maximum absolute atomic E-state index is 8.57. The molecule has 4 nitrogen and oxygen atoms in total. The average Bonchev–Trinajstić information content (AvgIpc) is 2.25. The zero-order valence-electron chi connectivity index (χ0n) is 9.60. The Morgan fingerprint density at radius 2 is 2.33 bits per heavy atom. The molecule has 15 heavy (non-hydrogen) atoms. The maximum atomic E-state index is 8.57. The summed E-state index contributed by atoms with van der Waals surface area (Å²) < 4.78 is 0. The summed E-state index contributed by atoms with van der Waals surface area (Å²) in [5.74, 6) is 0. The van der Waals surface area contributed by atoms with Crippen LogP contribution in [-0.4, -0.2) is 53.4 Å². The molecule has 0 N–H and O–H groups in total. The van der Waals surface area contributed by atoms with Gasteiger partial charge in [-0.1, -0.05) is 18.7 Å². The first-order chi connectivity index (χ1) is 7.22. The van der Waals surface area contributed by atoms with Gasteiger partial charge < -0.3 is 4.90 Å². The molecule has 1 aliphatic heterocycles. The lowest BCUT2D eigenvalue weighted by atomic mass is 10.2. The second-order valence-corrected chi connectivity index (χ2v) is 4.40. The fourth-order valence-electron chi connectivity index (χ4n) is 1.93. The van der Waals surface area contributed by atoms with Gasteiger partial charge in [-0.2, -0.15) is 5.26 Å². The lowest BCUT2D eigenvalue weighted by Gasteiger charge is -2.40. The molecule has 84 valence electrons. The summed E-state index contributed by atoms with van der Waals surface area (Å²) in [6.07, 6.45) is 3.83. The molecule has 1 rings (SSSR count). The third kappa shape index (κ3) is 3.11. The fourth-order valence-corrected chi connectivity index (χ4v) is 2.48. The van der Waals surface area contributed by atoms with Crippen LogP contribution in [0.4, 0.5) is 0 Å². The number of nitrogens with zero attached hydrogens (tertiary/aromatic N) is 4. The molecule has 0 spiro atoms. The Morgan fingerprint density at radius 3 is 2.80 bits per heavy atom. The summed E-state index contributed by atoms with van der Waals surface area (Å²) in [5, 5.41) is 9.42. The minimum Gasteiger partial charge on any atom is -0.348 e. The zero-order valence-corrected chi connectivity index (χ0v) is 10.4. The molecule has 5 heteroatoms. The van der Waals surface area contributed by atoms with Crippen molar-refractivity contribution in [1.29, 1.82) is 5.26 Å². The number of piperazine rings is 1. The Morgan fingerprint density at radius 1 is 1.60 bits per heavy atom. The SMILES string of the molecule is CCN1CCN(C(=NC#N)SC)CC1C. The van der Waals surface area contributed by atoms with Crippen LogP contribution in [0.25, 0.3) is 0 Å². The quantitative estimate of drug-likeness (QED) is 0.383. The van der Waals surface area contributed by atoms with E-state index in [0.29, 0.717) is 6.04 Å². The summed E-state index contributed by atoms with van der Waals surface area (Å²) in [6, 6.07) is 0.541. The van der Waals surface area contributed by atoms with Gasteiger partial charge >= 0.3 is 0 Å². The number of amidine groups is 1. The van der Waals surface area contributed by atoms with Crippen LogP contribution >= 0.6 is 11.8 Å². The molecule has 0 aliphatic carbocycles. The maximum Gasteiger partial charge on any atom is 0.208 e. The topological polar surface area (TPSA) is 42.6 Å². The highest BCUT2D eigenvalue weighted by Gasteiger charge is 2.24. The Hall–Kier alpha value is -0.730. The molecule has 1 heterocycles. The van der Waals surface area contributed by atoms with E-state index in [4.69, 9.17) is 5.26 Å². The Labute approximate surface area is 95.9 Å². The highest BCUT2D eigenvalue weighted by atomic mass is 32.2. The van der Waals surface area contributed by atoms with Gasteiger partial charge in [-0.3, -0.25) is 4.90 Å². The van der Waals surface area contributed by atoms with Crippen molar-refractivity contribution in [2.24, 2.45) is 4.99 Å². The molecule has 0 bridgehead atoms. The molecule has 0 saturated carbocycles. The molecule has 1 saturated heterocycles. The molecule has 0 amide bonds. The summed E-state index contributed by atoms with van der Waals surface area (Å²) in [6.45, 7) is 8.50. The average molecular weight is 226 g/mol. The molecule has 1 atom stereocenters. The van der Waals surface area contributed by atoms with Gasteiger partial charge in [-0.25, -0.2) is 0 Å². The van der Waals surface area contributed by atoms with Gasteiger partial charge in [0.05, 0.1) is 0 Å². The van der Waals surface area contributed by atoms with Crippen molar-refractivity contribution < 1.29 is 0 Å². The monoisotopic (exact) mass is 226 g/mol. The van der Waals surface area contributed by atoms with Crippen molar-refractivity contribution >= 4 is 16.9 Å². The predicted octanol–water partition coefficient (Wildman–Crippen LogP) is 1.21. The van der Waals surface area contributed by atoms with Gasteiger partial charge in [0, 0.05) is 25.7 Å². The van der Waals surface area contributed by atoms with Gasteiger partial charge in [0.15, 0.2) is 5.17 Å². The zero-order chi connectivity index (χ0) is 11.3. The molecule has 1 aliphatic rings. The van der Waals surface area contributed by atoms with Crippen molar-refractivity contribution in [3.05, 3.63) is 0 Å². The van der Waals surface area contributed by atoms with Crippen molar-refractivity contribution in [3.8, 4) is 6.19 Å². The number of likely N-dealkylation sites (N-methyl/N-ethyl adjacent to an activating group) is 1. The van der Waals surface area contributed by atoms with E-state index in [1.165, 1.54) is 0 Å². The number of aliphatic imine (C=N–C) groups is 1. The molecule has 0 aromatic rings. The summed E-state index contributed by atoms with van der Waals surface area (Å²) in [4.78, 5) is 8.49. The predicted molar refractivity (Wildman–Crippen MR) is 64.8 cm³/mol. The van der Waals surface area contributed by atoms with Gasteiger partial charge in [-0.15, -0.1) is 4.99 Å². The van der Waals surface area contributed by atoms with E-state index < -0.39 is 0 Å². The van der Waals surface area contributed by atoms with E-state index in [2.05, 4.69) is 28.6 Å². The molecule has 1 fully saturated rings. The fraction of sp³-hybridized carbons (Fsp3) is 0.800. The summed E-state index contributed by atoms with van der Waals surface area (Å²) in [7, 11) is 0. The van der Waals surface area contributed by atoms with Gasteiger partial charge in [0.2, 0.25) is 6.19 Å². The van der Waals surface area contributed by atoms with Crippen LogP contribution in [0.15, 0.2) is 4.99 Å². The van der Waals surface area contributed by atoms with Gasteiger partial charge in [0.25, 0.3) is 0 Å². The molecule has 0 aromatic carbocycles. The second kappa shape index (κ2) is 5.99. The number of hydrogen-bond acceptors (Lipinski definition) is 4. The number of rotatable bonds is 1. The largest absolute Gasteiger partial charge is 0.348 e. The van der Waals surface area contributed by atoms with Crippen LogP contribution in [-0.2, 0) is 0 Å². The van der Waals surface area contributed by atoms with E-state index in [-0.39, 0.29) is 0 Å². The Bertz CT molecular complexity index is 271. The van der Waals surface area contributed by atoms with E-state index >= 15 is 0 Å². The van der Waals surface area contributed by atoms with Crippen LogP contribution in [0.5, 0.6) is 0 Å². The van der Waals surface area contributed by atoms with Crippen LogP contribution in [0, 0.1) is 11.5 Å². The normalized spacial score (nSPS) is 24.0. The van der Waals surface area contributed by atoms with Crippen molar-refractivity contribution in [1.82, 2.24) is 9.80 Å². The van der Waals surface area contributed by atoms with Crippen LogP contribution in [0.1, 0.15) is 13.8 Å². The summed E-state index contributed by atoms with van der Waals surface area (Å²) in [5.41, 5.74) is 0. The first-order valence-corrected chi connectivity index (χ1v) is 6.45. The molecular weight excluding hydrogens is 208 g/mol. The van der Waals surface area contributed by atoms with Gasteiger partial charge in [0.1, 0.15) is 0 Å². The summed E-state index contributed by atoms with van der Waals surface area (Å²) >= 11 is 1.55. The van der Waals surface area contributed by atoms with Crippen molar-refractivity contribution in [2.45, 2.75) is 19.9 Å². The third-order valence-corrected chi connectivity index (χ3v) is 3.48. The van der Waals surface area contributed by atoms with Crippen LogP contribution < -0.4 is 0 Å². The number of nitriles is 1. The number of hydrogen-bond donors (Lipinski definition) is 0. The third-order valence-electron chi connectivity index (χ3n) is 2.77. The lowest BCUT2D eigenvalue weighted by Crippen LogP contribution is -2.52. The number of thioether (sulfide) groups is 1.